The highest BCUT2D eigenvalue weighted by Gasteiger charge is 2.81. The van der Waals surface area contributed by atoms with E-state index in [0.717, 1.165) is 18.6 Å². The van der Waals surface area contributed by atoms with Gasteiger partial charge in [-0.25, -0.2) is 23.5 Å². The van der Waals surface area contributed by atoms with Gasteiger partial charge < -0.3 is 20.5 Å². The maximum Gasteiger partial charge on any atom is 0.319 e. The molecule has 2 saturated carbocycles. The minimum atomic E-state index is -1.03. The fraction of sp³-hybridized carbons (Fsp3) is 0.286. The van der Waals surface area contributed by atoms with Crippen molar-refractivity contribution in [2.45, 2.75) is 18.4 Å². The van der Waals surface area contributed by atoms with Crippen LogP contribution in [-0.4, -0.2) is 26.6 Å². The molecule has 9 heteroatoms. The second-order valence-corrected chi connectivity index (χ2v) is 7.77. The third kappa shape index (κ3) is 3.26. The van der Waals surface area contributed by atoms with Crippen molar-refractivity contribution in [3.05, 3.63) is 72.1 Å². The Bertz CT molecular complexity index is 1080. The van der Waals surface area contributed by atoms with E-state index in [9.17, 15) is 18.7 Å². The van der Waals surface area contributed by atoms with Gasteiger partial charge in [-0.3, -0.25) is 0 Å². The summed E-state index contributed by atoms with van der Waals surface area (Å²) in [5.41, 5.74) is -0.215. The molecule has 2 aromatic rings. The second kappa shape index (κ2) is 6.79. The fourth-order valence-electron chi connectivity index (χ4n) is 4.32. The Balaban J connectivity index is 1.21. The largest absolute Gasteiger partial charge is 0.512 e. The topological polar surface area (TPSA) is 96.4 Å². The Morgan fingerprint density at radius 2 is 2.10 bits per heavy atom. The number of anilines is 1. The third-order valence-electron chi connectivity index (χ3n) is 5.97. The van der Waals surface area contributed by atoms with Gasteiger partial charge in [0, 0.05) is 41.9 Å². The standard InChI is InChI=1S/C21H18F2N4O3/c22-15-3-1-11(7-16(15)23)26-20(29)27-21-9-14(21)19(21)13-8-12(2-4-17(13)28)30-18-5-6-24-10-25-18/h1-7,10,13-14,19,28H,8-9H2,(H2,26,27,29)/t13?,14-,19+,21-/m0/s1. The number of nitrogens with zero attached hydrogens (tertiary/aromatic N) is 2. The zero-order chi connectivity index (χ0) is 20.9. The van der Waals surface area contributed by atoms with Crippen molar-refractivity contribution in [3.63, 3.8) is 0 Å². The molecule has 2 fully saturated rings. The molecule has 1 heterocycles. The highest BCUT2D eigenvalue weighted by atomic mass is 19.2. The SMILES string of the molecule is O=C(Nc1ccc(F)c(F)c1)N[C@@]12C[C@H]1[C@H]2C1CC(Oc2ccncn2)=CC=C1O. The molecule has 5 rings (SSSR count). The Labute approximate surface area is 170 Å². The molecule has 4 atom stereocenters. The number of aromatic nitrogens is 2. The average Bonchev–Trinajstić information content (AvgIpc) is 3.58. The number of nitrogens with one attached hydrogen (secondary N) is 2. The van der Waals surface area contributed by atoms with E-state index in [-0.39, 0.29) is 34.7 Å². The van der Waals surface area contributed by atoms with Crippen LogP contribution in [0.15, 0.2) is 60.5 Å². The Morgan fingerprint density at radius 1 is 1.23 bits per heavy atom. The van der Waals surface area contributed by atoms with Crippen molar-refractivity contribution in [1.82, 2.24) is 15.3 Å². The number of rotatable bonds is 5. The van der Waals surface area contributed by atoms with Crippen LogP contribution in [0.2, 0.25) is 0 Å². The maximum absolute atomic E-state index is 13.3. The van der Waals surface area contributed by atoms with E-state index in [4.69, 9.17) is 4.74 Å². The number of fused-ring (bicyclic) bond motifs is 1. The number of benzene rings is 1. The first-order chi connectivity index (χ1) is 14.5. The number of allylic oxidation sites excluding steroid dienone is 4. The molecule has 0 saturated heterocycles. The maximum atomic E-state index is 13.3. The van der Waals surface area contributed by atoms with Crippen LogP contribution >= 0.6 is 0 Å². The number of hydrogen-bond acceptors (Lipinski definition) is 5. The van der Waals surface area contributed by atoms with E-state index < -0.39 is 17.7 Å². The van der Waals surface area contributed by atoms with E-state index in [1.807, 2.05) is 0 Å². The molecule has 3 N–H and O–H groups in total. The molecule has 3 aliphatic carbocycles. The van der Waals surface area contributed by atoms with Crippen LogP contribution in [0, 0.1) is 29.4 Å². The molecule has 30 heavy (non-hydrogen) atoms. The molecule has 0 bridgehead atoms. The minimum absolute atomic E-state index is 0.0853. The second-order valence-electron chi connectivity index (χ2n) is 7.77. The molecule has 0 aliphatic heterocycles. The number of aliphatic hydroxyl groups is 1. The van der Waals surface area contributed by atoms with Crippen molar-refractivity contribution in [3.8, 4) is 5.88 Å². The molecule has 1 aromatic heterocycles. The van der Waals surface area contributed by atoms with Crippen LogP contribution in [0.25, 0.3) is 0 Å². The van der Waals surface area contributed by atoms with Gasteiger partial charge >= 0.3 is 6.03 Å². The number of urea groups is 1. The summed E-state index contributed by atoms with van der Waals surface area (Å²) in [4.78, 5) is 20.2. The van der Waals surface area contributed by atoms with Gasteiger partial charge in [0.2, 0.25) is 5.88 Å². The van der Waals surface area contributed by atoms with Crippen LogP contribution in [-0.2, 0) is 0 Å². The fourth-order valence-corrected chi connectivity index (χ4v) is 4.32. The molecule has 0 spiro atoms. The molecule has 154 valence electrons. The monoisotopic (exact) mass is 412 g/mol. The van der Waals surface area contributed by atoms with Crippen molar-refractivity contribution in [2.24, 2.45) is 17.8 Å². The van der Waals surface area contributed by atoms with Crippen LogP contribution in [0.1, 0.15) is 12.8 Å². The van der Waals surface area contributed by atoms with E-state index in [2.05, 4.69) is 20.6 Å². The number of carbonyl (C=O) groups is 1. The average molecular weight is 412 g/mol. The number of ether oxygens (including phenoxy) is 1. The number of aliphatic hydroxyl groups excluding tert-OH is 1. The van der Waals surface area contributed by atoms with Gasteiger partial charge in [-0.1, -0.05) is 0 Å². The van der Waals surface area contributed by atoms with Crippen LogP contribution < -0.4 is 15.4 Å². The lowest BCUT2D eigenvalue weighted by molar-refractivity contribution is 0.230. The summed E-state index contributed by atoms with van der Waals surface area (Å²) in [6, 6.07) is 4.34. The van der Waals surface area contributed by atoms with Crippen molar-refractivity contribution in [1.29, 1.82) is 0 Å². The first kappa shape index (κ1) is 18.5. The summed E-state index contributed by atoms with van der Waals surface area (Å²) >= 11 is 0. The van der Waals surface area contributed by atoms with E-state index in [1.165, 1.54) is 12.4 Å². The molecule has 7 nitrogen and oxygen atoms in total. The van der Waals surface area contributed by atoms with Gasteiger partial charge in [0.05, 0.1) is 5.76 Å². The van der Waals surface area contributed by atoms with Gasteiger partial charge in [-0.2, -0.15) is 0 Å². The number of halogens is 2. The summed E-state index contributed by atoms with van der Waals surface area (Å²) in [5.74, 6) is -0.474. The number of hydrogen-bond donors (Lipinski definition) is 3. The van der Waals surface area contributed by atoms with Crippen molar-refractivity contribution < 1.29 is 23.4 Å². The molecule has 0 radical (unpaired) electrons. The Hall–Kier alpha value is -3.49. The van der Waals surface area contributed by atoms with Gasteiger partial charge in [0.15, 0.2) is 11.6 Å². The highest BCUT2D eigenvalue weighted by molar-refractivity contribution is 5.90. The van der Waals surface area contributed by atoms with Crippen molar-refractivity contribution in [2.75, 3.05) is 5.32 Å². The lowest BCUT2D eigenvalue weighted by atomic mass is 9.86. The molecular weight excluding hydrogens is 394 g/mol. The summed E-state index contributed by atoms with van der Waals surface area (Å²) in [6.07, 6.45) is 7.59. The Kier molecular flexibility index (Phi) is 4.19. The number of carbonyl (C=O) groups excluding carboxylic acids is 1. The van der Waals surface area contributed by atoms with E-state index in [0.29, 0.717) is 18.1 Å². The summed E-state index contributed by atoms with van der Waals surface area (Å²) in [6.45, 7) is 0. The molecule has 2 amide bonds. The zero-order valence-corrected chi connectivity index (χ0v) is 15.7. The lowest BCUT2D eigenvalue weighted by Gasteiger charge is -2.26. The smallest absolute Gasteiger partial charge is 0.319 e. The van der Waals surface area contributed by atoms with Crippen LogP contribution in [0.5, 0.6) is 5.88 Å². The Morgan fingerprint density at radius 3 is 2.83 bits per heavy atom. The quantitative estimate of drug-likeness (QED) is 0.696. The first-order valence-electron chi connectivity index (χ1n) is 9.54. The minimum Gasteiger partial charge on any atom is -0.512 e. The van der Waals surface area contributed by atoms with Gasteiger partial charge in [0.1, 0.15) is 12.1 Å². The predicted octanol–water partition coefficient (Wildman–Crippen LogP) is 3.69. The summed E-state index contributed by atoms with van der Waals surface area (Å²) in [7, 11) is 0. The molecule has 3 aliphatic rings. The van der Waals surface area contributed by atoms with E-state index in [1.54, 1.807) is 24.4 Å². The van der Waals surface area contributed by atoms with Gasteiger partial charge in [-0.15, -0.1) is 0 Å². The van der Waals surface area contributed by atoms with E-state index >= 15 is 0 Å². The normalized spacial score (nSPS) is 28.5. The highest BCUT2D eigenvalue weighted by Crippen LogP contribution is 2.75. The number of amides is 2. The third-order valence-corrected chi connectivity index (χ3v) is 5.97. The lowest BCUT2D eigenvalue weighted by Crippen LogP contribution is -2.38. The summed E-state index contributed by atoms with van der Waals surface area (Å²) in [5, 5.41) is 15.8. The van der Waals surface area contributed by atoms with Crippen LogP contribution in [0.4, 0.5) is 19.3 Å². The van der Waals surface area contributed by atoms with Crippen LogP contribution in [0.3, 0.4) is 0 Å². The van der Waals surface area contributed by atoms with Gasteiger partial charge in [0.25, 0.3) is 0 Å². The summed E-state index contributed by atoms with van der Waals surface area (Å²) < 4.78 is 32.1. The zero-order valence-electron chi connectivity index (χ0n) is 15.7. The molecular formula is C21H18F2N4O3. The predicted molar refractivity (Wildman–Crippen MR) is 102 cm³/mol. The van der Waals surface area contributed by atoms with Gasteiger partial charge in [-0.05, 0) is 42.5 Å². The molecule has 1 aromatic carbocycles. The molecule has 1 unspecified atom stereocenters. The van der Waals surface area contributed by atoms with Crippen molar-refractivity contribution >= 4 is 11.7 Å². The first-order valence-corrected chi connectivity index (χ1v) is 9.54.